The highest BCUT2D eigenvalue weighted by Crippen LogP contribution is 2.35. The molecule has 0 aliphatic heterocycles. The number of halogens is 4. The van der Waals surface area contributed by atoms with Gasteiger partial charge in [0.2, 0.25) is 0 Å². The minimum atomic E-state index is -4.39. The van der Waals surface area contributed by atoms with Crippen molar-refractivity contribution in [1.29, 1.82) is 0 Å². The summed E-state index contributed by atoms with van der Waals surface area (Å²) in [4.78, 5) is 15.7. The van der Waals surface area contributed by atoms with Gasteiger partial charge in [0, 0.05) is 23.5 Å². The zero-order valence-corrected chi connectivity index (χ0v) is 16.3. The molecule has 152 valence electrons. The van der Waals surface area contributed by atoms with Gasteiger partial charge >= 0.3 is 6.18 Å². The molecular formula is C20H17ClF3N3O2. The fraction of sp³-hybridized carbons (Fsp3) is 0.200. The standard InChI is InChI=1S/C20H16F3N3O2.ClH/c1-25-18-14(7-12(10-27)8-17(18)28-2)24-19(25)16-9-13-5-3-4-6-15(13)26(16)11-20(21,22)23;/h3-10H,11H2,1-2H3;1H. The van der Waals surface area contributed by atoms with Crippen LogP contribution in [-0.4, -0.2) is 33.7 Å². The molecule has 0 spiro atoms. The number of hydrogen-bond acceptors (Lipinski definition) is 3. The molecule has 0 atom stereocenters. The van der Waals surface area contributed by atoms with Crippen molar-refractivity contribution in [2.24, 2.45) is 7.05 Å². The molecule has 9 heteroatoms. The Bertz CT molecular complexity index is 1210. The molecule has 0 saturated carbocycles. The second-order valence-corrected chi connectivity index (χ2v) is 6.49. The van der Waals surface area contributed by atoms with Crippen molar-refractivity contribution in [3.63, 3.8) is 0 Å². The van der Waals surface area contributed by atoms with Gasteiger partial charge in [-0.3, -0.25) is 4.79 Å². The molecule has 5 nitrogen and oxygen atoms in total. The first-order chi connectivity index (χ1) is 13.3. The molecule has 0 amide bonds. The number of alkyl halides is 3. The van der Waals surface area contributed by atoms with Crippen LogP contribution in [0.5, 0.6) is 5.75 Å². The van der Waals surface area contributed by atoms with Crippen LogP contribution in [0.1, 0.15) is 10.4 Å². The second-order valence-electron chi connectivity index (χ2n) is 6.49. The van der Waals surface area contributed by atoms with Crippen LogP contribution in [0.2, 0.25) is 0 Å². The highest BCUT2D eigenvalue weighted by atomic mass is 35.5. The molecule has 4 rings (SSSR count). The molecule has 2 aromatic heterocycles. The van der Waals surface area contributed by atoms with Crippen LogP contribution in [0.4, 0.5) is 13.2 Å². The monoisotopic (exact) mass is 423 g/mol. The number of hydrogen-bond donors (Lipinski definition) is 0. The quantitative estimate of drug-likeness (QED) is 0.434. The first-order valence-corrected chi connectivity index (χ1v) is 8.47. The maximum Gasteiger partial charge on any atom is 0.406 e. The summed E-state index contributed by atoms with van der Waals surface area (Å²) in [5.41, 5.74) is 2.27. The average molecular weight is 424 g/mol. The highest BCUT2D eigenvalue weighted by molar-refractivity contribution is 5.93. The SMILES string of the molecule is COc1cc(C=O)cc2nc(-c3cc4ccccc4n3CC(F)(F)F)n(C)c12.Cl. The van der Waals surface area contributed by atoms with Crippen molar-refractivity contribution in [1.82, 2.24) is 14.1 Å². The molecular weight excluding hydrogens is 407 g/mol. The third kappa shape index (κ3) is 3.55. The van der Waals surface area contributed by atoms with Crippen LogP contribution in [-0.2, 0) is 13.6 Å². The number of benzene rings is 2. The Morgan fingerprint density at radius 3 is 2.55 bits per heavy atom. The van der Waals surface area contributed by atoms with E-state index in [0.717, 1.165) is 0 Å². The normalized spacial score (nSPS) is 11.6. The molecule has 2 heterocycles. The summed E-state index contributed by atoms with van der Waals surface area (Å²) in [6.07, 6.45) is -3.71. The summed E-state index contributed by atoms with van der Waals surface area (Å²) in [7, 11) is 3.18. The first-order valence-electron chi connectivity index (χ1n) is 8.47. The molecule has 0 saturated heterocycles. The maximum atomic E-state index is 13.3. The Balaban J connectivity index is 0.00000240. The third-order valence-electron chi connectivity index (χ3n) is 4.69. The Morgan fingerprint density at radius 1 is 1.17 bits per heavy atom. The number of aromatic nitrogens is 3. The van der Waals surface area contributed by atoms with Gasteiger partial charge in [0.25, 0.3) is 0 Å². The molecule has 0 aliphatic carbocycles. The maximum absolute atomic E-state index is 13.3. The van der Waals surface area contributed by atoms with Gasteiger partial charge in [-0.05, 0) is 24.3 Å². The van der Waals surface area contributed by atoms with Gasteiger partial charge in [0.1, 0.15) is 24.1 Å². The molecule has 0 bridgehead atoms. The van der Waals surface area contributed by atoms with Crippen molar-refractivity contribution in [2.45, 2.75) is 12.7 Å². The number of ether oxygens (including phenoxy) is 1. The van der Waals surface area contributed by atoms with Crippen LogP contribution in [0.3, 0.4) is 0 Å². The fourth-order valence-electron chi connectivity index (χ4n) is 3.53. The predicted octanol–water partition coefficient (Wildman–Crippen LogP) is 5.00. The number of carbonyl (C=O) groups is 1. The van der Waals surface area contributed by atoms with Crippen LogP contribution < -0.4 is 4.74 Å². The number of para-hydroxylation sites is 1. The van der Waals surface area contributed by atoms with Crippen LogP contribution >= 0.6 is 12.4 Å². The van der Waals surface area contributed by atoms with E-state index < -0.39 is 12.7 Å². The average Bonchev–Trinajstić information content (AvgIpc) is 3.17. The van der Waals surface area contributed by atoms with Crippen molar-refractivity contribution < 1.29 is 22.7 Å². The number of aldehydes is 1. The molecule has 2 aromatic carbocycles. The predicted molar refractivity (Wildman–Crippen MR) is 107 cm³/mol. The number of rotatable bonds is 4. The summed E-state index contributed by atoms with van der Waals surface area (Å²) in [5.74, 6) is 0.788. The molecule has 0 radical (unpaired) electrons. The summed E-state index contributed by atoms with van der Waals surface area (Å²) >= 11 is 0. The number of carbonyl (C=O) groups excluding carboxylic acids is 1. The molecule has 0 fully saturated rings. The van der Waals surface area contributed by atoms with Crippen molar-refractivity contribution in [3.8, 4) is 17.3 Å². The van der Waals surface area contributed by atoms with E-state index in [2.05, 4.69) is 4.98 Å². The smallest absolute Gasteiger partial charge is 0.406 e. The van der Waals surface area contributed by atoms with Crippen molar-refractivity contribution >= 4 is 40.6 Å². The number of imidazole rings is 1. The van der Waals surface area contributed by atoms with E-state index in [1.165, 1.54) is 11.7 Å². The van der Waals surface area contributed by atoms with Gasteiger partial charge in [0.15, 0.2) is 5.82 Å². The van der Waals surface area contributed by atoms with E-state index in [1.54, 1.807) is 54.1 Å². The summed E-state index contributed by atoms with van der Waals surface area (Å²) < 4.78 is 48.0. The minimum absolute atomic E-state index is 0. The molecule has 4 aromatic rings. The summed E-state index contributed by atoms with van der Waals surface area (Å²) in [6, 6.07) is 11.7. The van der Waals surface area contributed by atoms with E-state index in [4.69, 9.17) is 4.74 Å². The first kappa shape index (κ1) is 20.7. The van der Waals surface area contributed by atoms with Gasteiger partial charge in [-0.15, -0.1) is 12.4 Å². The summed E-state index contributed by atoms with van der Waals surface area (Å²) in [6.45, 7) is -1.13. The molecule has 0 unspecified atom stereocenters. The van der Waals surface area contributed by atoms with Gasteiger partial charge in [-0.25, -0.2) is 4.98 Å². The minimum Gasteiger partial charge on any atom is -0.494 e. The second kappa shape index (κ2) is 7.44. The third-order valence-corrected chi connectivity index (χ3v) is 4.69. The lowest BCUT2D eigenvalue weighted by Crippen LogP contribution is -2.18. The zero-order chi connectivity index (χ0) is 20.1. The Hall–Kier alpha value is -3.00. The Kier molecular flexibility index (Phi) is 5.32. The van der Waals surface area contributed by atoms with Gasteiger partial charge in [-0.1, -0.05) is 18.2 Å². The van der Waals surface area contributed by atoms with Crippen molar-refractivity contribution in [2.75, 3.05) is 7.11 Å². The number of fused-ring (bicyclic) bond motifs is 2. The largest absolute Gasteiger partial charge is 0.494 e. The molecule has 0 N–H and O–H groups in total. The van der Waals surface area contributed by atoms with Gasteiger partial charge in [0.05, 0.1) is 18.3 Å². The van der Waals surface area contributed by atoms with E-state index in [-0.39, 0.29) is 12.4 Å². The fourth-order valence-corrected chi connectivity index (χ4v) is 3.53. The summed E-state index contributed by atoms with van der Waals surface area (Å²) in [5, 5.41) is 0.689. The lowest BCUT2D eigenvalue weighted by molar-refractivity contribution is -0.139. The number of aryl methyl sites for hydroxylation is 1. The van der Waals surface area contributed by atoms with Crippen LogP contribution in [0, 0.1) is 0 Å². The van der Waals surface area contributed by atoms with E-state index in [1.807, 2.05) is 0 Å². The lowest BCUT2D eigenvalue weighted by atomic mass is 10.2. The molecule has 0 aliphatic rings. The number of nitrogens with zero attached hydrogens (tertiary/aromatic N) is 3. The van der Waals surface area contributed by atoms with Crippen LogP contribution in [0.15, 0.2) is 42.5 Å². The number of methoxy groups -OCH3 is 1. The Labute approximate surface area is 170 Å². The van der Waals surface area contributed by atoms with E-state index in [9.17, 15) is 18.0 Å². The topological polar surface area (TPSA) is 49.0 Å². The zero-order valence-electron chi connectivity index (χ0n) is 15.5. The highest BCUT2D eigenvalue weighted by Gasteiger charge is 2.31. The van der Waals surface area contributed by atoms with Crippen LogP contribution in [0.25, 0.3) is 33.5 Å². The Morgan fingerprint density at radius 2 is 1.90 bits per heavy atom. The van der Waals surface area contributed by atoms with E-state index >= 15 is 0 Å². The van der Waals surface area contributed by atoms with E-state index in [0.29, 0.717) is 51.1 Å². The van der Waals surface area contributed by atoms with Crippen molar-refractivity contribution in [3.05, 3.63) is 48.0 Å². The molecule has 29 heavy (non-hydrogen) atoms. The van der Waals surface area contributed by atoms with Gasteiger partial charge in [-0.2, -0.15) is 13.2 Å². The van der Waals surface area contributed by atoms with Gasteiger partial charge < -0.3 is 13.9 Å². The lowest BCUT2D eigenvalue weighted by Gasteiger charge is -2.13.